The zero-order valence-corrected chi connectivity index (χ0v) is 12.5. The summed E-state index contributed by atoms with van der Waals surface area (Å²) in [5, 5.41) is 0.433. The molecular weight excluding hydrogens is 284 g/mol. The maximum atomic E-state index is 6.17. The van der Waals surface area contributed by atoms with Crippen molar-refractivity contribution >= 4 is 11.6 Å². The van der Waals surface area contributed by atoms with Crippen molar-refractivity contribution in [1.29, 1.82) is 0 Å². The molecule has 0 saturated heterocycles. The molecule has 21 heavy (non-hydrogen) atoms. The van der Waals surface area contributed by atoms with Gasteiger partial charge in [-0.15, -0.1) is 0 Å². The van der Waals surface area contributed by atoms with Crippen LogP contribution in [0.3, 0.4) is 0 Å². The zero-order chi connectivity index (χ0) is 14.7. The summed E-state index contributed by atoms with van der Waals surface area (Å²) < 4.78 is 2.04. The van der Waals surface area contributed by atoms with Crippen LogP contribution in [-0.2, 0) is 6.54 Å². The molecule has 0 saturated carbocycles. The lowest BCUT2D eigenvalue weighted by atomic mass is 10.1. The van der Waals surface area contributed by atoms with Gasteiger partial charge < -0.3 is 4.57 Å². The highest BCUT2D eigenvalue weighted by Gasteiger charge is 2.11. The van der Waals surface area contributed by atoms with Crippen LogP contribution in [-0.4, -0.2) is 19.5 Å². The van der Waals surface area contributed by atoms with E-state index in [1.54, 1.807) is 18.6 Å². The van der Waals surface area contributed by atoms with E-state index in [-0.39, 0.29) is 0 Å². The number of nitrogens with zero attached hydrogens (tertiary/aromatic N) is 4. The monoisotopic (exact) mass is 298 g/mol. The van der Waals surface area contributed by atoms with Crippen molar-refractivity contribution < 1.29 is 0 Å². The molecule has 0 unspecified atom stereocenters. The van der Waals surface area contributed by atoms with E-state index in [2.05, 4.69) is 21.9 Å². The average molecular weight is 299 g/mol. The van der Waals surface area contributed by atoms with Crippen LogP contribution in [0, 0.1) is 0 Å². The van der Waals surface area contributed by atoms with Gasteiger partial charge >= 0.3 is 0 Å². The number of imidazole rings is 1. The van der Waals surface area contributed by atoms with Crippen LogP contribution in [0.15, 0.2) is 48.9 Å². The van der Waals surface area contributed by atoms with Crippen LogP contribution in [0.5, 0.6) is 0 Å². The van der Waals surface area contributed by atoms with E-state index in [0.29, 0.717) is 11.0 Å². The minimum Gasteiger partial charge on any atom is -0.328 e. The molecule has 0 spiro atoms. The number of aryl methyl sites for hydroxylation is 1. The van der Waals surface area contributed by atoms with E-state index >= 15 is 0 Å². The molecule has 0 bridgehead atoms. The third kappa shape index (κ3) is 2.95. The summed E-state index contributed by atoms with van der Waals surface area (Å²) in [6.07, 6.45) is 4.59. The molecule has 3 aromatic rings. The Hall–Kier alpha value is -2.20. The maximum Gasteiger partial charge on any atom is 0.179 e. The first-order valence-electron chi connectivity index (χ1n) is 6.88. The van der Waals surface area contributed by atoms with Crippen LogP contribution in [0.4, 0.5) is 0 Å². The Bertz CT molecular complexity index is 737. The SMILES string of the molecule is CCCn1cncc1-c1nc(Cl)cc(-c2ccccc2)n1. The van der Waals surface area contributed by atoms with Gasteiger partial charge in [0, 0.05) is 18.2 Å². The van der Waals surface area contributed by atoms with E-state index in [9.17, 15) is 0 Å². The molecule has 1 aromatic carbocycles. The smallest absolute Gasteiger partial charge is 0.179 e. The highest BCUT2D eigenvalue weighted by atomic mass is 35.5. The predicted octanol–water partition coefficient (Wildman–Crippen LogP) is 4.07. The Morgan fingerprint density at radius 3 is 2.71 bits per heavy atom. The van der Waals surface area contributed by atoms with Crippen molar-refractivity contribution in [2.24, 2.45) is 0 Å². The first-order chi connectivity index (χ1) is 10.3. The molecule has 0 aliphatic rings. The van der Waals surface area contributed by atoms with Crippen LogP contribution in [0.1, 0.15) is 13.3 Å². The average Bonchev–Trinajstić information content (AvgIpc) is 2.96. The molecule has 106 valence electrons. The van der Waals surface area contributed by atoms with Gasteiger partial charge in [-0.25, -0.2) is 15.0 Å². The third-order valence-corrected chi connectivity index (χ3v) is 3.36. The van der Waals surface area contributed by atoms with E-state index in [4.69, 9.17) is 11.6 Å². The van der Waals surface area contributed by atoms with Crippen molar-refractivity contribution in [3.63, 3.8) is 0 Å². The van der Waals surface area contributed by atoms with Gasteiger partial charge in [-0.1, -0.05) is 48.9 Å². The van der Waals surface area contributed by atoms with Crippen LogP contribution >= 0.6 is 11.6 Å². The van der Waals surface area contributed by atoms with Gasteiger partial charge in [0.1, 0.15) is 10.8 Å². The highest BCUT2D eigenvalue weighted by Crippen LogP contribution is 2.24. The largest absolute Gasteiger partial charge is 0.328 e. The van der Waals surface area contributed by atoms with E-state index < -0.39 is 0 Å². The maximum absolute atomic E-state index is 6.17. The standard InChI is InChI=1S/C16H15ClN4/c1-2-8-21-11-18-10-14(21)16-19-13(9-15(17)20-16)12-6-4-3-5-7-12/h3-7,9-11H,2,8H2,1H3. The molecule has 2 aromatic heterocycles. The van der Waals surface area contributed by atoms with E-state index in [0.717, 1.165) is 29.9 Å². The van der Waals surface area contributed by atoms with Crippen molar-refractivity contribution in [1.82, 2.24) is 19.5 Å². The summed E-state index contributed by atoms with van der Waals surface area (Å²) >= 11 is 6.17. The molecule has 0 aliphatic carbocycles. The van der Waals surface area contributed by atoms with Gasteiger partial charge in [0.15, 0.2) is 5.82 Å². The van der Waals surface area contributed by atoms with Crippen LogP contribution in [0.2, 0.25) is 5.15 Å². The second-order valence-electron chi connectivity index (χ2n) is 4.74. The fourth-order valence-electron chi connectivity index (χ4n) is 2.22. The first kappa shape index (κ1) is 13.8. The summed E-state index contributed by atoms with van der Waals surface area (Å²) in [7, 11) is 0. The molecule has 5 heteroatoms. The number of aromatic nitrogens is 4. The summed E-state index contributed by atoms with van der Waals surface area (Å²) in [6, 6.07) is 11.7. The van der Waals surface area contributed by atoms with E-state index in [1.807, 2.05) is 34.9 Å². The molecule has 0 N–H and O–H groups in total. The van der Waals surface area contributed by atoms with Gasteiger partial charge in [0.25, 0.3) is 0 Å². The Labute approximate surface area is 128 Å². The molecule has 0 atom stereocenters. The minimum absolute atomic E-state index is 0.433. The lowest BCUT2D eigenvalue weighted by Crippen LogP contribution is -2.01. The second kappa shape index (κ2) is 6.06. The normalized spacial score (nSPS) is 10.8. The highest BCUT2D eigenvalue weighted by molar-refractivity contribution is 6.29. The quantitative estimate of drug-likeness (QED) is 0.682. The summed E-state index contributed by atoms with van der Waals surface area (Å²) in [5.74, 6) is 0.604. The van der Waals surface area contributed by atoms with Gasteiger partial charge in [-0.05, 0) is 6.42 Å². The number of rotatable bonds is 4. The molecule has 0 aliphatic heterocycles. The number of benzene rings is 1. The number of hydrogen-bond donors (Lipinski definition) is 0. The van der Waals surface area contributed by atoms with Gasteiger partial charge in [0.05, 0.1) is 18.2 Å². The molecule has 0 amide bonds. The molecular formula is C16H15ClN4. The van der Waals surface area contributed by atoms with Crippen LogP contribution < -0.4 is 0 Å². The Morgan fingerprint density at radius 1 is 1.14 bits per heavy atom. The minimum atomic E-state index is 0.433. The second-order valence-corrected chi connectivity index (χ2v) is 5.13. The fraction of sp³-hybridized carbons (Fsp3) is 0.188. The Morgan fingerprint density at radius 2 is 1.95 bits per heavy atom. The first-order valence-corrected chi connectivity index (χ1v) is 7.26. The van der Waals surface area contributed by atoms with Crippen molar-refractivity contribution in [2.75, 3.05) is 0 Å². The number of hydrogen-bond acceptors (Lipinski definition) is 3. The number of halogens is 1. The van der Waals surface area contributed by atoms with Crippen molar-refractivity contribution in [3.8, 4) is 22.8 Å². The topological polar surface area (TPSA) is 43.6 Å². The molecule has 4 nitrogen and oxygen atoms in total. The fourth-order valence-corrected chi connectivity index (χ4v) is 2.40. The Balaban J connectivity index is 2.08. The van der Waals surface area contributed by atoms with Crippen molar-refractivity contribution in [3.05, 3.63) is 54.1 Å². The lowest BCUT2D eigenvalue weighted by molar-refractivity contribution is 0.681. The van der Waals surface area contributed by atoms with Crippen LogP contribution in [0.25, 0.3) is 22.8 Å². The van der Waals surface area contributed by atoms with Gasteiger partial charge in [0.2, 0.25) is 0 Å². The molecule has 0 fully saturated rings. The molecule has 0 radical (unpaired) electrons. The molecule has 2 heterocycles. The van der Waals surface area contributed by atoms with Crippen molar-refractivity contribution in [2.45, 2.75) is 19.9 Å². The lowest BCUT2D eigenvalue weighted by Gasteiger charge is -2.08. The Kier molecular flexibility index (Phi) is 3.97. The summed E-state index contributed by atoms with van der Waals surface area (Å²) in [6.45, 7) is 3.00. The zero-order valence-electron chi connectivity index (χ0n) is 11.7. The summed E-state index contributed by atoms with van der Waals surface area (Å²) in [4.78, 5) is 13.2. The van der Waals surface area contributed by atoms with Gasteiger partial charge in [-0.3, -0.25) is 0 Å². The van der Waals surface area contributed by atoms with E-state index in [1.165, 1.54) is 0 Å². The molecule has 3 rings (SSSR count). The summed E-state index contributed by atoms with van der Waals surface area (Å²) in [5.41, 5.74) is 2.72. The van der Waals surface area contributed by atoms with Gasteiger partial charge in [-0.2, -0.15) is 0 Å². The third-order valence-electron chi connectivity index (χ3n) is 3.17. The predicted molar refractivity (Wildman–Crippen MR) is 84.0 cm³/mol.